The average molecular weight is 181 g/mol. The minimum absolute atomic E-state index is 0.692. The summed E-state index contributed by atoms with van der Waals surface area (Å²) in [5.41, 5.74) is 10.5. The summed E-state index contributed by atoms with van der Waals surface area (Å²) in [5.74, 6) is 0. The van der Waals surface area contributed by atoms with E-state index < -0.39 is 0 Å². The zero-order chi connectivity index (χ0) is 10.3. The van der Waals surface area contributed by atoms with Crippen molar-refractivity contribution in [3.63, 3.8) is 0 Å². The molecule has 0 spiro atoms. The lowest BCUT2D eigenvalue weighted by molar-refractivity contribution is 0.362. The number of nitrogens with two attached hydrogens (primary N) is 1. The third-order valence-electron chi connectivity index (χ3n) is 1.71. The van der Waals surface area contributed by atoms with Gasteiger partial charge < -0.3 is 10.7 Å². The van der Waals surface area contributed by atoms with E-state index in [0.29, 0.717) is 5.70 Å². The summed E-state index contributed by atoms with van der Waals surface area (Å²) < 4.78 is 0. The summed E-state index contributed by atoms with van der Waals surface area (Å²) in [7, 11) is 3.80. The number of nitrogens with one attached hydrogen (secondary N) is 1. The number of nitrogens with zero attached hydrogens (tertiary/aromatic N) is 1. The predicted octanol–water partition coefficient (Wildman–Crippen LogP) is 1.38. The highest BCUT2D eigenvalue weighted by Crippen LogP contribution is 2.05. The Morgan fingerprint density at radius 2 is 2.23 bits per heavy atom. The second-order valence-electron chi connectivity index (χ2n) is 2.74. The second kappa shape index (κ2) is 6.31. The van der Waals surface area contributed by atoms with Crippen LogP contribution in [0.1, 0.15) is 13.3 Å². The molecule has 0 unspecified atom stereocenters. The van der Waals surface area contributed by atoms with Crippen molar-refractivity contribution < 1.29 is 0 Å². The van der Waals surface area contributed by atoms with Crippen LogP contribution in [0.25, 0.3) is 0 Å². The summed E-state index contributed by atoms with van der Waals surface area (Å²) in [6.07, 6.45) is 6.50. The van der Waals surface area contributed by atoms with Gasteiger partial charge in [0.05, 0.1) is 0 Å². The lowest BCUT2D eigenvalue weighted by Gasteiger charge is -2.13. The summed E-state index contributed by atoms with van der Waals surface area (Å²) in [4.78, 5) is 0. The van der Waals surface area contributed by atoms with Crippen LogP contribution in [-0.2, 0) is 0 Å². The zero-order valence-corrected chi connectivity index (χ0v) is 8.67. The van der Waals surface area contributed by atoms with E-state index >= 15 is 0 Å². The molecule has 0 heterocycles. The minimum Gasteiger partial charge on any atom is -0.399 e. The van der Waals surface area contributed by atoms with Gasteiger partial charge in [-0.1, -0.05) is 13.5 Å². The van der Waals surface area contributed by atoms with E-state index in [9.17, 15) is 0 Å². The monoisotopic (exact) mass is 181 g/mol. The van der Waals surface area contributed by atoms with E-state index in [1.165, 1.54) is 0 Å². The number of hydrogen-bond acceptors (Lipinski definition) is 3. The molecule has 3 nitrogen and oxygen atoms in total. The van der Waals surface area contributed by atoms with Gasteiger partial charge in [-0.2, -0.15) is 0 Å². The van der Waals surface area contributed by atoms with E-state index in [2.05, 4.69) is 18.9 Å². The van der Waals surface area contributed by atoms with E-state index in [-0.39, 0.29) is 0 Å². The van der Waals surface area contributed by atoms with Crippen LogP contribution < -0.4 is 11.2 Å². The van der Waals surface area contributed by atoms with Gasteiger partial charge in [-0.3, -0.25) is 0 Å². The molecule has 13 heavy (non-hydrogen) atoms. The van der Waals surface area contributed by atoms with Crippen LogP contribution in [0.3, 0.4) is 0 Å². The fourth-order valence-corrected chi connectivity index (χ4v) is 0.817. The van der Waals surface area contributed by atoms with Crippen molar-refractivity contribution in [3.8, 4) is 0 Å². The highest BCUT2D eigenvalue weighted by atomic mass is 15.5. The van der Waals surface area contributed by atoms with Crippen LogP contribution in [0.4, 0.5) is 0 Å². The predicted molar refractivity (Wildman–Crippen MR) is 57.7 cm³/mol. The van der Waals surface area contributed by atoms with Crippen molar-refractivity contribution >= 4 is 0 Å². The molecule has 3 heteroatoms. The van der Waals surface area contributed by atoms with Crippen molar-refractivity contribution in [3.05, 3.63) is 36.2 Å². The first-order chi connectivity index (χ1) is 6.13. The number of allylic oxidation sites excluding steroid dienone is 3. The lowest BCUT2D eigenvalue weighted by Crippen LogP contribution is -2.25. The number of rotatable bonds is 5. The van der Waals surface area contributed by atoms with Gasteiger partial charge in [-0.05, 0) is 24.1 Å². The van der Waals surface area contributed by atoms with Gasteiger partial charge in [0.2, 0.25) is 0 Å². The van der Waals surface area contributed by atoms with Crippen molar-refractivity contribution in [2.75, 3.05) is 14.1 Å². The molecule has 0 aromatic rings. The van der Waals surface area contributed by atoms with Gasteiger partial charge in [0.25, 0.3) is 0 Å². The summed E-state index contributed by atoms with van der Waals surface area (Å²) in [6.45, 7) is 5.68. The van der Waals surface area contributed by atoms with Gasteiger partial charge >= 0.3 is 0 Å². The average Bonchev–Trinajstić information content (AvgIpc) is 2.16. The Morgan fingerprint density at radius 3 is 2.62 bits per heavy atom. The number of hydrogen-bond donors (Lipinski definition) is 2. The van der Waals surface area contributed by atoms with Crippen LogP contribution >= 0.6 is 0 Å². The maximum absolute atomic E-state index is 5.63. The SMILES string of the molecule is C=C/C(N)=C\C(=C\N(C)NC)CC. The highest BCUT2D eigenvalue weighted by Gasteiger charge is 1.92. The fourth-order valence-electron chi connectivity index (χ4n) is 0.817. The zero-order valence-electron chi connectivity index (χ0n) is 8.67. The molecule has 0 aliphatic heterocycles. The van der Waals surface area contributed by atoms with E-state index in [1.54, 1.807) is 6.08 Å². The molecule has 74 valence electrons. The summed E-state index contributed by atoms with van der Waals surface area (Å²) >= 11 is 0. The molecular weight excluding hydrogens is 162 g/mol. The standard InChI is InChI=1S/C10H19N3/c1-5-9(7-10(11)6-2)8-13(4)12-3/h6-8,12H,2,5,11H2,1,3-4H3/b9-8+,10-7+. The molecule has 3 N–H and O–H groups in total. The van der Waals surface area contributed by atoms with Crippen LogP contribution in [-0.4, -0.2) is 19.1 Å². The van der Waals surface area contributed by atoms with E-state index in [4.69, 9.17) is 5.73 Å². The van der Waals surface area contributed by atoms with Gasteiger partial charge in [-0.15, -0.1) is 0 Å². The molecular formula is C10H19N3. The molecule has 0 saturated heterocycles. The normalized spacial score (nSPS) is 12.8. The molecule has 0 saturated carbocycles. The Bertz CT molecular complexity index is 216. The quantitative estimate of drug-likeness (QED) is 0.497. The topological polar surface area (TPSA) is 41.3 Å². The Hall–Kier alpha value is -1.22. The molecule has 0 radical (unpaired) electrons. The molecule has 0 atom stereocenters. The molecule has 0 rings (SSSR count). The van der Waals surface area contributed by atoms with Gasteiger partial charge in [0.15, 0.2) is 0 Å². The Labute approximate surface area is 80.6 Å². The van der Waals surface area contributed by atoms with E-state index in [0.717, 1.165) is 12.0 Å². The van der Waals surface area contributed by atoms with Crippen LogP contribution in [0.15, 0.2) is 36.2 Å². The molecule has 0 bridgehead atoms. The molecule has 0 aliphatic rings. The van der Waals surface area contributed by atoms with Crippen molar-refractivity contribution in [1.29, 1.82) is 0 Å². The van der Waals surface area contributed by atoms with Crippen molar-refractivity contribution in [2.24, 2.45) is 5.73 Å². The Morgan fingerprint density at radius 1 is 1.62 bits per heavy atom. The Kier molecular flexibility index (Phi) is 5.72. The van der Waals surface area contributed by atoms with Gasteiger partial charge in [-0.25, -0.2) is 5.43 Å². The maximum atomic E-state index is 5.63. The third kappa shape index (κ3) is 5.09. The van der Waals surface area contributed by atoms with Crippen molar-refractivity contribution in [2.45, 2.75) is 13.3 Å². The molecule has 0 amide bonds. The van der Waals surface area contributed by atoms with Gasteiger partial charge in [0.1, 0.15) is 0 Å². The largest absolute Gasteiger partial charge is 0.399 e. The highest BCUT2D eigenvalue weighted by molar-refractivity contribution is 5.26. The van der Waals surface area contributed by atoms with Gasteiger partial charge in [0, 0.05) is 26.0 Å². The third-order valence-corrected chi connectivity index (χ3v) is 1.71. The first-order valence-corrected chi connectivity index (χ1v) is 4.34. The molecule has 0 aromatic carbocycles. The smallest absolute Gasteiger partial charge is 0.0311 e. The summed E-state index contributed by atoms with van der Waals surface area (Å²) in [6, 6.07) is 0. The molecule has 0 aliphatic carbocycles. The fraction of sp³-hybridized carbons (Fsp3) is 0.400. The van der Waals surface area contributed by atoms with Crippen LogP contribution in [0.5, 0.6) is 0 Å². The number of hydrazine groups is 1. The van der Waals surface area contributed by atoms with Crippen molar-refractivity contribution in [1.82, 2.24) is 10.4 Å². The van der Waals surface area contributed by atoms with Crippen LogP contribution in [0.2, 0.25) is 0 Å². The van der Waals surface area contributed by atoms with Crippen LogP contribution in [0, 0.1) is 0 Å². The first kappa shape index (κ1) is 11.8. The lowest BCUT2D eigenvalue weighted by atomic mass is 10.2. The molecule has 0 aromatic heterocycles. The maximum Gasteiger partial charge on any atom is 0.0311 e. The van der Waals surface area contributed by atoms with E-state index in [1.807, 2.05) is 31.4 Å². The molecule has 0 fully saturated rings. The Balaban J connectivity index is 4.50. The second-order valence-corrected chi connectivity index (χ2v) is 2.74. The first-order valence-electron chi connectivity index (χ1n) is 4.34. The summed E-state index contributed by atoms with van der Waals surface area (Å²) in [5, 5.41) is 1.88. The minimum atomic E-state index is 0.692.